The molecule has 0 aliphatic rings. The quantitative estimate of drug-likeness (QED) is 0.133. The van der Waals surface area contributed by atoms with Gasteiger partial charge in [0.1, 0.15) is 5.58 Å². The van der Waals surface area contributed by atoms with Crippen molar-refractivity contribution in [3.63, 3.8) is 0 Å². The summed E-state index contributed by atoms with van der Waals surface area (Å²) in [6.07, 6.45) is 3.77. The fourth-order valence-corrected chi connectivity index (χ4v) is 6.12. The van der Waals surface area contributed by atoms with Gasteiger partial charge in [0.05, 0.1) is 13.7 Å². The minimum absolute atomic E-state index is 0. The summed E-state index contributed by atoms with van der Waals surface area (Å²) in [5.74, 6) is -0.685. The molecular weight excluding hydrogens is 721 g/mol. The van der Waals surface area contributed by atoms with Gasteiger partial charge in [0, 0.05) is 44.6 Å². The standard InChI is InChI=1S/C24H18NO.C14H16NSi.Ir/c1-15(2)17-12-13-25-22(14-17)21-9-5-8-19-20-11-10-16-6-3-4-7-18(16)23(20)26-24(19)21;1-16(2,3)13-9-10-14(15-11-13)12-7-5-4-6-8-12;/h3-8,10-15H,1-2H3;4-7,9-11H,1-3H3;/q2*-1;/i15D;;. The van der Waals surface area contributed by atoms with Crippen LogP contribution in [0, 0.1) is 12.1 Å². The fourth-order valence-electron chi connectivity index (χ4n) is 5.09. The van der Waals surface area contributed by atoms with Gasteiger partial charge in [-0.15, -0.1) is 54.1 Å². The Kier molecular flexibility index (Phi) is 8.67. The second-order valence-corrected chi connectivity index (χ2v) is 16.8. The van der Waals surface area contributed by atoms with Crippen molar-refractivity contribution >= 4 is 46.0 Å². The van der Waals surface area contributed by atoms with Gasteiger partial charge in [0.2, 0.25) is 0 Å². The zero-order chi connectivity index (χ0) is 30.2. The number of pyridine rings is 2. The van der Waals surface area contributed by atoms with Crippen LogP contribution in [0.15, 0.2) is 114 Å². The summed E-state index contributed by atoms with van der Waals surface area (Å²) in [7, 11) is -1.23. The van der Waals surface area contributed by atoms with E-state index >= 15 is 0 Å². The molecule has 3 nitrogen and oxygen atoms in total. The summed E-state index contributed by atoms with van der Waals surface area (Å²) < 4.78 is 14.7. The Morgan fingerprint density at radius 3 is 2.26 bits per heavy atom. The Labute approximate surface area is 269 Å². The molecule has 0 aliphatic heterocycles. The van der Waals surface area contributed by atoms with E-state index in [1.807, 2.05) is 80.7 Å². The Morgan fingerprint density at radius 2 is 1.53 bits per heavy atom. The van der Waals surface area contributed by atoms with Crippen molar-refractivity contribution < 1.29 is 25.9 Å². The second kappa shape index (κ2) is 12.8. The Balaban J connectivity index is 0.000000194. The van der Waals surface area contributed by atoms with Gasteiger partial charge < -0.3 is 14.4 Å². The third-order valence-electron chi connectivity index (χ3n) is 7.53. The second-order valence-electron chi connectivity index (χ2n) is 11.7. The molecule has 3 aromatic heterocycles. The smallest absolute Gasteiger partial charge is 0.128 e. The number of rotatable bonds is 4. The first kappa shape index (κ1) is 29.2. The molecule has 0 atom stereocenters. The third-order valence-corrected chi connectivity index (χ3v) is 9.56. The minimum atomic E-state index is -1.23. The molecule has 0 unspecified atom stereocenters. The van der Waals surface area contributed by atoms with Crippen LogP contribution in [0.4, 0.5) is 0 Å². The van der Waals surface area contributed by atoms with Crippen LogP contribution in [0.25, 0.3) is 55.2 Å². The van der Waals surface area contributed by atoms with E-state index in [2.05, 4.69) is 78.1 Å². The first-order valence-electron chi connectivity index (χ1n) is 14.7. The van der Waals surface area contributed by atoms with Crippen molar-refractivity contribution in [2.24, 2.45) is 0 Å². The van der Waals surface area contributed by atoms with Crippen molar-refractivity contribution in [1.29, 1.82) is 0 Å². The van der Waals surface area contributed by atoms with Crippen LogP contribution in [0.3, 0.4) is 0 Å². The molecule has 0 amide bonds. The minimum Gasteiger partial charge on any atom is -0.500 e. The largest absolute Gasteiger partial charge is 0.500 e. The van der Waals surface area contributed by atoms with Crippen molar-refractivity contribution in [3.05, 3.63) is 127 Å². The molecule has 5 heteroatoms. The summed E-state index contributed by atoms with van der Waals surface area (Å²) >= 11 is 0. The van der Waals surface area contributed by atoms with E-state index in [4.69, 9.17) is 5.79 Å². The van der Waals surface area contributed by atoms with Gasteiger partial charge in [-0.1, -0.05) is 105 Å². The summed E-state index contributed by atoms with van der Waals surface area (Å²) in [4.78, 5) is 9.05. The number of hydrogen-bond donors (Lipinski definition) is 0. The average Bonchev–Trinajstić information content (AvgIpc) is 3.41. The van der Waals surface area contributed by atoms with Crippen LogP contribution in [0.2, 0.25) is 19.6 Å². The van der Waals surface area contributed by atoms with Gasteiger partial charge in [-0.2, -0.15) is 0 Å². The molecule has 7 rings (SSSR count). The first-order chi connectivity index (χ1) is 20.6. The molecule has 3 heterocycles. The van der Waals surface area contributed by atoms with Gasteiger partial charge in [0.25, 0.3) is 0 Å². The van der Waals surface area contributed by atoms with Crippen LogP contribution in [0.1, 0.15) is 26.7 Å². The molecule has 43 heavy (non-hydrogen) atoms. The Morgan fingerprint density at radius 1 is 0.744 bits per heavy atom. The fraction of sp³-hybridized carbons (Fsp3) is 0.158. The van der Waals surface area contributed by atoms with Gasteiger partial charge in [0.15, 0.2) is 0 Å². The van der Waals surface area contributed by atoms with E-state index in [1.54, 1.807) is 6.20 Å². The molecule has 0 fully saturated rings. The number of hydrogen-bond acceptors (Lipinski definition) is 3. The van der Waals surface area contributed by atoms with E-state index in [1.165, 1.54) is 5.19 Å². The topological polar surface area (TPSA) is 38.9 Å². The van der Waals surface area contributed by atoms with Gasteiger partial charge in [-0.3, -0.25) is 0 Å². The molecule has 4 aromatic carbocycles. The normalized spacial score (nSPS) is 12.0. The maximum atomic E-state index is 8.31. The van der Waals surface area contributed by atoms with Crippen molar-refractivity contribution in [2.45, 2.75) is 39.4 Å². The molecule has 0 spiro atoms. The van der Waals surface area contributed by atoms with Crippen molar-refractivity contribution in [2.75, 3.05) is 0 Å². The average molecular weight is 756 g/mol. The van der Waals surface area contributed by atoms with Crippen molar-refractivity contribution in [1.82, 2.24) is 9.97 Å². The Hall–Kier alpha value is -3.89. The van der Waals surface area contributed by atoms with Crippen LogP contribution in [-0.4, -0.2) is 18.0 Å². The summed E-state index contributed by atoms with van der Waals surface area (Å²) in [5.41, 5.74) is 6.27. The van der Waals surface area contributed by atoms with Crippen molar-refractivity contribution in [3.8, 4) is 22.5 Å². The van der Waals surface area contributed by atoms with E-state index < -0.39 is 14.0 Å². The number of furan rings is 1. The SMILES string of the molecule is C[Si](C)(C)c1ccc(-c2[c-]cccc2)nc1.[2H]C(C)(C)c1ccnc(-c2[c-]ccc3c2oc2c4ccccc4ccc32)c1.[Ir]. The van der Waals surface area contributed by atoms with Crippen LogP contribution >= 0.6 is 0 Å². The van der Waals surface area contributed by atoms with Crippen LogP contribution in [0.5, 0.6) is 0 Å². The molecule has 0 bridgehead atoms. The van der Waals surface area contributed by atoms with Crippen LogP contribution in [-0.2, 0) is 20.1 Å². The monoisotopic (exact) mass is 756 g/mol. The molecule has 0 N–H and O–H groups in total. The third kappa shape index (κ3) is 6.40. The zero-order valence-corrected chi connectivity index (χ0v) is 28.4. The van der Waals surface area contributed by atoms with E-state index in [9.17, 15) is 0 Å². The number of nitrogens with zero attached hydrogens (tertiary/aromatic N) is 2. The number of aromatic nitrogens is 2. The molecule has 0 aliphatic carbocycles. The van der Waals surface area contributed by atoms with Crippen LogP contribution < -0.4 is 5.19 Å². The van der Waals surface area contributed by atoms with E-state index in [0.29, 0.717) is 0 Å². The van der Waals surface area contributed by atoms with E-state index in [-0.39, 0.29) is 20.1 Å². The number of fused-ring (bicyclic) bond motifs is 5. The predicted octanol–water partition coefficient (Wildman–Crippen LogP) is 9.82. The molecular formula is C38H34IrN2OSi-2. The predicted molar refractivity (Wildman–Crippen MR) is 179 cm³/mol. The molecule has 0 saturated heterocycles. The maximum Gasteiger partial charge on any atom is 0.128 e. The first-order valence-corrected chi connectivity index (χ1v) is 17.7. The molecule has 217 valence electrons. The van der Waals surface area contributed by atoms with E-state index in [0.717, 1.165) is 60.8 Å². The molecule has 0 saturated carbocycles. The molecule has 1 radical (unpaired) electrons. The summed E-state index contributed by atoms with van der Waals surface area (Å²) in [6, 6.07) is 39.0. The maximum absolute atomic E-state index is 8.31. The van der Waals surface area contributed by atoms with Gasteiger partial charge in [-0.05, 0) is 33.9 Å². The number of benzene rings is 4. The summed E-state index contributed by atoms with van der Waals surface area (Å²) in [5, 5.41) is 5.81. The zero-order valence-electron chi connectivity index (χ0n) is 26.0. The van der Waals surface area contributed by atoms with Gasteiger partial charge >= 0.3 is 0 Å². The summed E-state index contributed by atoms with van der Waals surface area (Å²) in [6.45, 7) is 10.8. The Bertz CT molecular complexity index is 2040. The molecule has 7 aromatic rings. The van der Waals surface area contributed by atoms with Gasteiger partial charge in [-0.25, -0.2) is 0 Å².